The molecule has 0 spiro atoms. The topological polar surface area (TPSA) is 78.9 Å². The molecule has 1 radical (unpaired) electrons. The van der Waals surface area contributed by atoms with Gasteiger partial charge in [0.1, 0.15) is 0 Å². The molecule has 6 nitrogen and oxygen atoms in total. The van der Waals surface area contributed by atoms with Crippen molar-refractivity contribution < 1.29 is 28.6 Å². The third kappa shape index (κ3) is 3.21. The molecule has 0 aliphatic rings. The summed E-state index contributed by atoms with van der Waals surface area (Å²) in [6, 6.07) is 0. The maximum atomic E-state index is 11.9. The summed E-state index contributed by atoms with van der Waals surface area (Å²) in [5, 5.41) is 0. The summed E-state index contributed by atoms with van der Waals surface area (Å²) in [4.78, 5) is 35.6. The van der Waals surface area contributed by atoms with Crippen LogP contribution in [-0.4, -0.2) is 37.7 Å². The molecule has 0 N–H and O–H groups in total. The fourth-order valence-corrected chi connectivity index (χ4v) is 1.32. The standard InChI is InChI=1S/C12H19O6/c1-5-12(9(13)16-6-2,10(14)17-7-3)11(15)18-8-4/h1,5-8H2,2-4H3. The SMILES string of the molecule is [CH2]CC(C(=O)OCC)(C(=O)OCC)C(=O)OCC. The second kappa shape index (κ2) is 7.68. The Balaban J connectivity index is 5.38. The van der Waals surface area contributed by atoms with E-state index in [1.165, 1.54) is 0 Å². The molecule has 0 fully saturated rings. The Kier molecular flexibility index (Phi) is 7.00. The van der Waals surface area contributed by atoms with Gasteiger partial charge in [-0.15, -0.1) is 0 Å². The highest BCUT2D eigenvalue weighted by Gasteiger charge is 2.56. The molecule has 103 valence electrons. The Labute approximate surface area is 107 Å². The molecule has 0 saturated carbocycles. The molecular formula is C12H19O6. The lowest BCUT2D eigenvalue weighted by molar-refractivity contribution is -0.183. The zero-order chi connectivity index (χ0) is 14.2. The highest BCUT2D eigenvalue weighted by molar-refractivity contribution is 6.18. The van der Waals surface area contributed by atoms with Crippen LogP contribution in [0.15, 0.2) is 0 Å². The van der Waals surface area contributed by atoms with E-state index in [0.717, 1.165) is 0 Å². The van der Waals surface area contributed by atoms with E-state index in [2.05, 4.69) is 6.92 Å². The third-order valence-electron chi connectivity index (χ3n) is 2.25. The first-order valence-electron chi connectivity index (χ1n) is 5.82. The lowest BCUT2D eigenvalue weighted by atomic mass is 9.85. The predicted molar refractivity (Wildman–Crippen MR) is 62.3 cm³/mol. The van der Waals surface area contributed by atoms with Gasteiger partial charge in [0.25, 0.3) is 5.41 Å². The molecule has 0 aliphatic heterocycles. The average molecular weight is 259 g/mol. The van der Waals surface area contributed by atoms with Gasteiger partial charge in [0.05, 0.1) is 19.8 Å². The molecule has 0 amide bonds. The molecule has 0 aromatic rings. The molecule has 0 unspecified atom stereocenters. The van der Waals surface area contributed by atoms with Gasteiger partial charge in [-0.3, -0.25) is 14.4 Å². The van der Waals surface area contributed by atoms with Crippen molar-refractivity contribution >= 4 is 17.9 Å². The Bertz CT molecular complexity index is 264. The first-order valence-corrected chi connectivity index (χ1v) is 5.82. The van der Waals surface area contributed by atoms with E-state index in [4.69, 9.17) is 14.2 Å². The zero-order valence-electron chi connectivity index (χ0n) is 11.0. The van der Waals surface area contributed by atoms with Crippen molar-refractivity contribution in [3.63, 3.8) is 0 Å². The highest BCUT2D eigenvalue weighted by atomic mass is 16.6. The molecule has 0 bridgehead atoms. The minimum atomic E-state index is -2.12. The smallest absolute Gasteiger partial charge is 0.335 e. The van der Waals surface area contributed by atoms with Crippen molar-refractivity contribution in [2.24, 2.45) is 5.41 Å². The maximum Gasteiger partial charge on any atom is 0.335 e. The van der Waals surface area contributed by atoms with Crippen LogP contribution in [0.25, 0.3) is 0 Å². The second-order valence-corrected chi connectivity index (χ2v) is 3.32. The first-order chi connectivity index (χ1) is 8.50. The summed E-state index contributed by atoms with van der Waals surface area (Å²) in [7, 11) is 0. The fourth-order valence-electron chi connectivity index (χ4n) is 1.32. The third-order valence-corrected chi connectivity index (χ3v) is 2.25. The van der Waals surface area contributed by atoms with Gasteiger partial charge in [0.15, 0.2) is 0 Å². The molecule has 6 heteroatoms. The second-order valence-electron chi connectivity index (χ2n) is 3.32. The lowest BCUT2D eigenvalue weighted by Gasteiger charge is -2.25. The zero-order valence-corrected chi connectivity index (χ0v) is 11.0. The van der Waals surface area contributed by atoms with E-state index in [1.807, 2.05) is 0 Å². The van der Waals surface area contributed by atoms with Gasteiger partial charge in [-0.05, 0) is 27.2 Å². The number of esters is 3. The number of hydrogen-bond acceptors (Lipinski definition) is 6. The number of carbonyl (C=O) groups excluding carboxylic acids is 3. The van der Waals surface area contributed by atoms with Crippen LogP contribution in [0.5, 0.6) is 0 Å². The van der Waals surface area contributed by atoms with Gasteiger partial charge in [0, 0.05) is 0 Å². The number of hydrogen-bond donors (Lipinski definition) is 0. The Morgan fingerprint density at radius 3 is 1.28 bits per heavy atom. The molecule has 0 rings (SSSR count). The van der Waals surface area contributed by atoms with E-state index in [1.54, 1.807) is 20.8 Å². The minimum Gasteiger partial charge on any atom is -0.465 e. The van der Waals surface area contributed by atoms with Crippen molar-refractivity contribution in [2.45, 2.75) is 27.2 Å². The van der Waals surface area contributed by atoms with Crippen molar-refractivity contribution in [1.29, 1.82) is 0 Å². The van der Waals surface area contributed by atoms with Crippen LogP contribution in [0, 0.1) is 12.3 Å². The van der Waals surface area contributed by atoms with Gasteiger partial charge < -0.3 is 14.2 Å². The maximum absolute atomic E-state index is 11.9. The summed E-state index contributed by atoms with van der Waals surface area (Å²) in [6.45, 7) is 8.30. The van der Waals surface area contributed by atoms with E-state index >= 15 is 0 Å². The molecule has 0 aromatic heterocycles. The van der Waals surface area contributed by atoms with Gasteiger partial charge in [-0.25, -0.2) is 0 Å². The minimum absolute atomic E-state index is 0.0411. The summed E-state index contributed by atoms with van der Waals surface area (Å²) < 4.78 is 14.3. The van der Waals surface area contributed by atoms with Crippen LogP contribution >= 0.6 is 0 Å². The molecule has 18 heavy (non-hydrogen) atoms. The van der Waals surface area contributed by atoms with E-state index in [9.17, 15) is 14.4 Å². The normalized spacial score (nSPS) is 10.7. The quantitative estimate of drug-likeness (QED) is 0.384. The Hall–Kier alpha value is -1.59. The van der Waals surface area contributed by atoms with Gasteiger partial charge in [-0.1, -0.05) is 6.92 Å². The molecular weight excluding hydrogens is 240 g/mol. The monoisotopic (exact) mass is 259 g/mol. The Morgan fingerprint density at radius 1 is 0.833 bits per heavy atom. The van der Waals surface area contributed by atoms with Gasteiger partial charge in [0.2, 0.25) is 0 Å². The summed E-state index contributed by atoms with van der Waals surface area (Å²) in [6.07, 6.45) is -0.316. The van der Waals surface area contributed by atoms with E-state index in [0.29, 0.717) is 0 Å². The van der Waals surface area contributed by atoms with Gasteiger partial charge in [-0.2, -0.15) is 0 Å². The van der Waals surface area contributed by atoms with Crippen molar-refractivity contribution in [3.05, 3.63) is 6.92 Å². The van der Waals surface area contributed by atoms with Crippen LogP contribution < -0.4 is 0 Å². The van der Waals surface area contributed by atoms with Crippen LogP contribution in [0.3, 0.4) is 0 Å². The summed E-state index contributed by atoms with van der Waals surface area (Å²) in [5.74, 6) is -2.97. The average Bonchev–Trinajstić information content (AvgIpc) is 2.31. The first kappa shape index (κ1) is 16.4. The molecule has 0 heterocycles. The van der Waals surface area contributed by atoms with Crippen molar-refractivity contribution in [2.75, 3.05) is 19.8 Å². The number of rotatable bonds is 7. The van der Waals surface area contributed by atoms with Gasteiger partial charge >= 0.3 is 17.9 Å². The van der Waals surface area contributed by atoms with Crippen molar-refractivity contribution in [1.82, 2.24) is 0 Å². The van der Waals surface area contributed by atoms with E-state index in [-0.39, 0.29) is 26.2 Å². The summed E-state index contributed by atoms with van der Waals surface area (Å²) in [5.41, 5.74) is -2.12. The largest absolute Gasteiger partial charge is 0.465 e. The molecule has 0 saturated heterocycles. The predicted octanol–water partition coefficient (Wildman–Crippen LogP) is 0.886. The lowest BCUT2D eigenvalue weighted by Crippen LogP contribution is -2.49. The van der Waals surface area contributed by atoms with Crippen LogP contribution in [0.4, 0.5) is 0 Å². The summed E-state index contributed by atoms with van der Waals surface area (Å²) >= 11 is 0. The van der Waals surface area contributed by atoms with Crippen molar-refractivity contribution in [3.8, 4) is 0 Å². The van der Waals surface area contributed by atoms with Crippen LogP contribution in [0.1, 0.15) is 27.2 Å². The fraction of sp³-hybridized carbons (Fsp3) is 0.667. The highest BCUT2D eigenvalue weighted by Crippen LogP contribution is 2.28. The van der Waals surface area contributed by atoms with Crippen LogP contribution in [0.2, 0.25) is 0 Å². The van der Waals surface area contributed by atoms with Crippen LogP contribution in [-0.2, 0) is 28.6 Å². The van der Waals surface area contributed by atoms with E-state index < -0.39 is 23.3 Å². The number of ether oxygens (including phenoxy) is 3. The Morgan fingerprint density at radius 2 is 1.11 bits per heavy atom. The number of carbonyl (C=O) groups is 3. The molecule has 0 aliphatic carbocycles. The molecule has 0 atom stereocenters. The molecule has 0 aromatic carbocycles.